The Bertz CT molecular complexity index is 116. The first-order valence-corrected chi connectivity index (χ1v) is 3.61. The highest BCUT2D eigenvalue weighted by atomic mass is 35.5. The van der Waals surface area contributed by atoms with Crippen LogP contribution in [0.25, 0.3) is 0 Å². The molecule has 0 spiro atoms. The van der Waals surface area contributed by atoms with Gasteiger partial charge in [0.1, 0.15) is 11.9 Å². The van der Waals surface area contributed by atoms with Crippen molar-refractivity contribution in [2.45, 2.75) is 10.4 Å². The molecule has 3 nitrogen and oxygen atoms in total. The zero-order chi connectivity index (χ0) is 8.15. The Morgan fingerprint density at radius 1 is 1.30 bits per heavy atom. The monoisotopic (exact) mass is 226 g/mol. The molecule has 0 aliphatic heterocycles. The molecule has 0 aromatic rings. The van der Waals surface area contributed by atoms with Crippen LogP contribution in [0.3, 0.4) is 0 Å². The molecule has 0 saturated carbocycles. The van der Waals surface area contributed by atoms with Crippen molar-refractivity contribution in [2.24, 2.45) is 0 Å². The van der Waals surface area contributed by atoms with Crippen LogP contribution in [0.2, 0.25) is 0 Å². The smallest absolute Gasteiger partial charge is 0.411 e. The standard InChI is InChI=1S/C3H2Cl4O3/c4-1(5)2(6)9-3(8)10-7/h1-2H. The summed E-state index contributed by atoms with van der Waals surface area (Å²) in [6.45, 7) is 0. The van der Waals surface area contributed by atoms with Crippen molar-refractivity contribution in [2.75, 3.05) is 0 Å². The number of halogens is 4. The van der Waals surface area contributed by atoms with Crippen LogP contribution in [-0.4, -0.2) is 16.6 Å². The summed E-state index contributed by atoms with van der Waals surface area (Å²) in [4.78, 5) is 9.13. The molecule has 0 aliphatic carbocycles. The average Bonchev–Trinajstić information content (AvgIpc) is 1.87. The normalized spacial score (nSPS) is 12.9. The van der Waals surface area contributed by atoms with Crippen molar-refractivity contribution in [3.63, 3.8) is 0 Å². The fourth-order valence-corrected chi connectivity index (χ4v) is 0.374. The van der Waals surface area contributed by atoms with Gasteiger partial charge in [-0.25, -0.2) is 4.79 Å². The van der Waals surface area contributed by atoms with Crippen molar-refractivity contribution < 1.29 is 13.8 Å². The molecule has 0 radical (unpaired) electrons. The van der Waals surface area contributed by atoms with Crippen molar-refractivity contribution >= 4 is 52.8 Å². The molecule has 0 aliphatic rings. The summed E-state index contributed by atoms with van der Waals surface area (Å²) in [5, 5.41) is 0. The molecule has 1 atom stereocenters. The fraction of sp³-hybridized carbons (Fsp3) is 0.667. The van der Waals surface area contributed by atoms with Gasteiger partial charge < -0.3 is 9.03 Å². The third-order valence-electron chi connectivity index (χ3n) is 0.470. The van der Waals surface area contributed by atoms with E-state index in [0.29, 0.717) is 0 Å². The summed E-state index contributed by atoms with van der Waals surface area (Å²) in [6.07, 6.45) is -1.15. The van der Waals surface area contributed by atoms with Crippen LogP contribution in [0.5, 0.6) is 0 Å². The SMILES string of the molecule is O=C(OCl)OC(Cl)C(Cl)Cl. The summed E-state index contributed by atoms with van der Waals surface area (Å²) in [5.74, 6) is 0. The number of hydrogen-bond donors (Lipinski definition) is 0. The minimum Gasteiger partial charge on any atom is -0.411 e. The summed E-state index contributed by atoms with van der Waals surface area (Å²) < 4.78 is 7.75. The van der Waals surface area contributed by atoms with Gasteiger partial charge in [0, 0.05) is 0 Å². The van der Waals surface area contributed by atoms with Gasteiger partial charge in [0.15, 0.2) is 4.84 Å². The Hall–Kier alpha value is 0.430. The first-order valence-electron chi connectivity index (χ1n) is 1.99. The van der Waals surface area contributed by atoms with Crippen LogP contribution in [0.4, 0.5) is 4.79 Å². The van der Waals surface area contributed by atoms with Gasteiger partial charge in [-0.2, -0.15) is 0 Å². The highest BCUT2D eigenvalue weighted by molar-refractivity contribution is 6.48. The Morgan fingerprint density at radius 2 is 1.80 bits per heavy atom. The third kappa shape index (κ3) is 4.28. The first-order chi connectivity index (χ1) is 4.57. The molecule has 0 aromatic heterocycles. The van der Waals surface area contributed by atoms with E-state index < -0.39 is 16.6 Å². The number of hydrogen-bond acceptors (Lipinski definition) is 3. The van der Waals surface area contributed by atoms with E-state index in [1.165, 1.54) is 0 Å². The lowest BCUT2D eigenvalue weighted by molar-refractivity contribution is 0.0943. The van der Waals surface area contributed by atoms with Gasteiger partial charge in [0.25, 0.3) is 0 Å². The van der Waals surface area contributed by atoms with E-state index in [1.54, 1.807) is 0 Å². The van der Waals surface area contributed by atoms with Gasteiger partial charge in [-0.15, -0.1) is 0 Å². The molecule has 0 heterocycles. The number of alkyl halides is 3. The number of rotatable bonds is 2. The third-order valence-corrected chi connectivity index (χ3v) is 1.65. The summed E-state index contributed by atoms with van der Waals surface area (Å²) >= 11 is 20.2. The lowest BCUT2D eigenvalue weighted by atomic mass is 10.8. The van der Waals surface area contributed by atoms with Gasteiger partial charge in [0.2, 0.25) is 5.56 Å². The maximum atomic E-state index is 10.1. The van der Waals surface area contributed by atoms with Crippen LogP contribution in [0.15, 0.2) is 0 Å². The van der Waals surface area contributed by atoms with E-state index in [0.717, 1.165) is 0 Å². The second-order valence-corrected chi connectivity index (χ2v) is 2.88. The van der Waals surface area contributed by atoms with Gasteiger partial charge in [0.05, 0.1) is 0 Å². The van der Waals surface area contributed by atoms with Crippen molar-refractivity contribution in [3.8, 4) is 0 Å². The molecule has 7 heteroatoms. The summed E-state index contributed by atoms with van der Waals surface area (Å²) in [7, 11) is 0. The highest BCUT2D eigenvalue weighted by Crippen LogP contribution is 2.15. The molecule has 0 fully saturated rings. The van der Waals surface area contributed by atoms with Crippen molar-refractivity contribution in [3.05, 3.63) is 0 Å². The molecule has 0 aromatic carbocycles. The number of ether oxygens (including phenoxy) is 1. The maximum Gasteiger partial charge on any atom is 0.528 e. The van der Waals surface area contributed by atoms with E-state index in [4.69, 9.17) is 34.8 Å². The zero-order valence-electron chi connectivity index (χ0n) is 4.39. The maximum absolute atomic E-state index is 10.1. The van der Waals surface area contributed by atoms with Crippen molar-refractivity contribution in [1.82, 2.24) is 0 Å². The van der Waals surface area contributed by atoms with E-state index >= 15 is 0 Å². The van der Waals surface area contributed by atoms with Gasteiger partial charge >= 0.3 is 6.16 Å². The topological polar surface area (TPSA) is 35.5 Å². The molecule has 1 unspecified atom stereocenters. The average molecular weight is 228 g/mol. The Labute approximate surface area is 77.2 Å². The summed E-state index contributed by atoms with van der Waals surface area (Å²) in [6, 6.07) is 0. The fourth-order valence-electron chi connectivity index (χ4n) is 0.162. The van der Waals surface area contributed by atoms with Crippen LogP contribution in [0, 0.1) is 0 Å². The molecule has 0 bridgehead atoms. The summed E-state index contributed by atoms with van der Waals surface area (Å²) in [5.41, 5.74) is -1.16. The van der Waals surface area contributed by atoms with Crippen LogP contribution >= 0.6 is 46.7 Å². The minimum absolute atomic E-state index is 1.02. The second kappa shape index (κ2) is 5.13. The van der Waals surface area contributed by atoms with Gasteiger partial charge in [-0.1, -0.05) is 34.8 Å². The van der Waals surface area contributed by atoms with E-state index in [1.807, 2.05) is 0 Å². The van der Waals surface area contributed by atoms with Crippen LogP contribution < -0.4 is 0 Å². The van der Waals surface area contributed by atoms with E-state index in [2.05, 4.69) is 20.9 Å². The zero-order valence-corrected chi connectivity index (χ0v) is 7.42. The molecule has 0 amide bonds. The minimum atomic E-state index is -1.16. The number of carbonyl (C=O) groups is 1. The highest BCUT2D eigenvalue weighted by Gasteiger charge is 2.18. The predicted octanol–water partition coefficient (Wildman–Crippen LogP) is 2.66. The molecule has 0 rings (SSSR count). The van der Waals surface area contributed by atoms with E-state index in [-0.39, 0.29) is 0 Å². The largest absolute Gasteiger partial charge is 0.528 e. The molecular weight excluding hydrogens is 226 g/mol. The second-order valence-electron chi connectivity index (χ2n) is 1.13. The Balaban J connectivity index is 3.57. The van der Waals surface area contributed by atoms with Gasteiger partial charge in [-0.3, -0.25) is 0 Å². The van der Waals surface area contributed by atoms with E-state index in [9.17, 15) is 4.79 Å². The quantitative estimate of drug-likeness (QED) is 0.538. The Morgan fingerprint density at radius 3 is 2.10 bits per heavy atom. The lowest BCUT2D eigenvalue weighted by Gasteiger charge is -2.08. The van der Waals surface area contributed by atoms with Crippen molar-refractivity contribution in [1.29, 1.82) is 0 Å². The molecule has 0 N–H and O–H groups in total. The molecule has 10 heavy (non-hydrogen) atoms. The number of carbonyl (C=O) groups excluding carboxylic acids is 1. The predicted molar refractivity (Wildman–Crippen MR) is 38.6 cm³/mol. The first kappa shape index (κ1) is 10.4. The van der Waals surface area contributed by atoms with Gasteiger partial charge in [-0.05, 0) is 0 Å². The molecule has 60 valence electrons. The Kier molecular flexibility index (Phi) is 5.35. The van der Waals surface area contributed by atoms with Crippen LogP contribution in [-0.2, 0) is 9.03 Å². The lowest BCUT2D eigenvalue weighted by Crippen LogP contribution is -2.17. The molecular formula is C3H2Cl4O3. The molecule has 0 saturated heterocycles. The van der Waals surface area contributed by atoms with Crippen LogP contribution in [0.1, 0.15) is 0 Å².